The summed E-state index contributed by atoms with van der Waals surface area (Å²) in [6, 6.07) is 2.19. The van der Waals surface area contributed by atoms with Crippen molar-refractivity contribution < 1.29 is 9.53 Å². The van der Waals surface area contributed by atoms with Crippen molar-refractivity contribution in [3.63, 3.8) is 0 Å². The zero-order chi connectivity index (χ0) is 15.4. The first-order chi connectivity index (χ1) is 10.7. The Morgan fingerprint density at radius 1 is 1.36 bits per heavy atom. The van der Waals surface area contributed by atoms with Gasteiger partial charge < -0.3 is 9.64 Å². The van der Waals surface area contributed by atoms with Gasteiger partial charge in [-0.25, -0.2) is 0 Å². The molecule has 6 heteroatoms. The second-order valence-corrected chi connectivity index (χ2v) is 6.33. The van der Waals surface area contributed by atoms with E-state index in [9.17, 15) is 4.79 Å². The predicted molar refractivity (Wildman–Crippen MR) is 83.9 cm³/mol. The van der Waals surface area contributed by atoms with Crippen LogP contribution in [0.5, 0.6) is 0 Å². The lowest BCUT2D eigenvalue weighted by atomic mass is 9.98. The SMILES string of the molecule is Cc1cc(C(=O)N2CCCC[C@H]2CCN2CCOCC2)n[nH]1. The van der Waals surface area contributed by atoms with Crippen LogP contribution in [0.25, 0.3) is 0 Å². The number of nitrogens with zero attached hydrogens (tertiary/aromatic N) is 3. The van der Waals surface area contributed by atoms with Crippen LogP contribution in [0.15, 0.2) is 6.07 Å². The van der Waals surface area contributed by atoms with Gasteiger partial charge in [-0.15, -0.1) is 0 Å². The first kappa shape index (κ1) is 15.5. The topological polar surface area (TPSA) is 61.5 Å². The summed E-state index contributed by atoms with van der Waals surface area (Å²) in [4.78, 5) is 17.2. The number of aromatic nitrogens is 2. The predicted octanol–water partition coefficient (Wildman–Crippen LogP) is 1.44. The largest absolute Gasteiger partial charge is 0.379 e. The van der Waals surface area contributed by atoms with Gasteiger partial charge in [-0.05, 0) is 38.7 Å². The van der Waals surface area contributed by atoms with E-state index in [4.69, 9.17) is 4.74 Å². The van der Waals surface area contributed by atoms with Crippen molar-refractivity contribution in [1.29, 1.82) is 0 Å². The van der Waals surface area contributed by atoms with Crippen LogP contribution in [-0.4, -0.2) is 71.3 Å². The molecule has 2 saturated heterocycles. The maximum atomic E-state index is 12.7. The number of amides is 1. The molecule has 1 aromatic heterocycles. The zero-order valence-corrected chi connectivity index (χ0v) is 13.4. The van der Waals surface area contributed by atoms with Crippen LogP contribution >= 0.6 is 0 Å². The Hall–Kier alpha value is -1.40. The van der Waals surface area contributed by atoms with Crippen molar-refractivity contribution in [2.45, 2.75) is 38.6 Å². The average Bonchev–Trinajstić information content (AvgIpc) is 3.00. The molecule has 0 aromatic carbocycles. The molecule has 2 aliphatic heterocycles. The second-order valence-electron chi connectivity index (χ2n) is 6.33. The third-order valence-electron chi connectivity index (χ3n) is 4.70. The second kappa shape index (κ2) is 7.24. The third kappa shape index (κ3) is 3.67. The van der Waals surface area contributed by atoms with Crippen molar-refractivity contribution in [2.75, 3.05) is 39.4 Å². The maximum Gasteiger partial charge on any atom is 0.274 e. The van der Waals surface area contributed by atoms with Gasteiger partial charge in [-0.2, -0.15) is 5.10 Å². The van der Waals surface area contributed by atoms with Gasteiger partial charge in [0.25, 0.3) is 5.91 Å². The number of carbonyl (C=O) groups is 1. The summed E-state index contributed by atoms with van der Waals surface area (Å²) in [6.07, 6.45) is 4.48. The molecule has 0 radical (unpaired) electrons. The number of piperidine rings is 1. The number of likely N-dealkylation sites (tertiary alicyclic amines) is 1. The van der Waals surface area contributed by atoms with Gasteiger partial charge in [0.1, 0.15) is 5.69 Å². The number of ether oxygens (including phenoxy) is 1. The monoisotopic (exact) mass is 306 g/mol. The molecule has 22 heavy (non-hydrogen) atoms. The molecule has 1 aromatic rings. The van der Waals surface area contributed by atoms with E-state index in [1.54, 1.807) is 0 Å². The number of H-pyrrole nitrogens is 1. The van der Waals surface area contributed by atoms with Crippen molar-refractivity contribution in [3.05, 3.63) is 17.5 Å². The summed E-state index contributed by atoms with van der Waals surface area (Å²) >= 11 is 0. The fraction of sp³-hybridized carbons (Fsp3) is 0.750. The standard InChI is InChI=1S/C16H26N4O2/c1-13-12-15(18-17-13)16(21)20-6-3-2-4-14(20)5-7-19-8-10-22-11-9-19/h12,14H,2-11H2,1H3,(H,17,18)/t14-/m0/s1. The van der Waals surface area contributed by atoms with Crippen molar-refractivity contribution in [1.82, 2.24) is 20.0 Å². The van der Waals surface area contributed by atoms with Crippen LogP contribution in [0, 0.1) is 6.92 Å². The minimum absolute atomic E-state index is 0.0797. The normalized spacial score (nSPS) is 23.7. The van der Waals surface area contributed by atoms with Crippen LogP contribution in [0.1, 0.15) is 41.9 Å². The first-order valence-electron chi connectivity index (χ1n) is 8.37. The highest BCUT2D eigenvalue weighted by Crippen LogP contribution is 2.22. The molecule has 0 saturated carbocycles. The van der Waals surface area contributed by atoms with Crippen molar-refractivity contribution in [3.8, 4) is 0 Å². The van der Waals surface area contributed by atoms with Gasteiger partial charge in [0, 0.05) is 37.9 Å². The summed E-state index contributed by atoms with van der Waals surface area (Å²) in [5.41, 5.74) is 1.49. The molecule has 1 amide bonds. The minimum atomic E-state index is 0.0797. The Morgan fingerprint density at radius 3 is 2.91 bits per heavy atom. The lowest BCUT2D eigenvalue weighted by molar-refractivity contribution is 0.0295. The molecule has 2 aliphatic rings. The summed E-state index contributed by atoms with van der Waals surface area (Å²) < 4.78 is 5.39. The highest BCUT2D eigenvalue weighted by atomic mass is 16.5. The molecule has 122 valence electrons. The van der Waals surface area contributed by atoms with Crippen molar-refractivity contribution in [2.24, 2.45) is 0 Å². The Bertz CT molecular complexity index is 496. The molecular weight excluding hydrogens is 280 g/mol. The van der Waals surface area contributed by atoms with Gasteiger partial charge >= 0.3 is 0 Å². The molecule has 1 N–H and O–H groups in total. The quantitative estimate of drug-likeness (QED) is 0.914. The van der Waals surface area contributed by atoms with E-state index in [0.29, 0.717) is 11.7 Å². The van der Waals surface area contributed by atoms with Gasteiger partial charge in [-0.3, -0.25) is 14.8 Å². The number of aromatic amines is 1. The van der Waals surface area contributed by atoms with Crippen LogP contribution in [0.2, 0.25) is 0 Å². The highest BCUT2D eigenvalue weighted by molar-refractivity contribution is 5.92. The summed E-state index contributed by atoms with van der Waals surface area (Å²) in [7, 11) is 0. The number of hydrogen-bond acceptors (Lipinski definition) is 4. The molecule has 3 heterocycles. The number of morpholine rings is 1. The van der Waals surface area contributed by atoms with E-state index >= 15 is 0 Å². The Labute approximate surface area is 131 Å². The molecule has 0 unspecified atom stereocenters. The van der Waals surface area contributed by atoms with Gasteiger partial charge in [0.2, 0.25) is 0 Å². The van der Waals surface area contributed by atoms with E-state index in [0.717, 1.165) is 64.3 Å². The van der Waals surface area contributed by atoms with Crippen molar-refractivity contribution >= 4 is 5.91 Å². The van der Waals surface area contributed by atoms with Crippen LogP contribution in [-0.2, 0) is 4.74 Å². The Kier molecular flexibility index (Phi) is 5.10. The summed E-state index contributed by atoms with van der Waals surface area (Å²) in [5.74, 6) is 0.0797. The molecule has 0 bridgehead atoms. The fourth-order valence-electron chi connectivity index (χ4n) is 3.40. The van der Waals surface area contributed by atoms with E-state index in [-0.39, 0.29) is 5.91 Å². The number of aryl methyl sites for hydroxylation is 1. The zero-order valence-electron chi connectivity index (χ0n) is 13.4. The smallest absolute Gasteiger partial charge is 0.274 e. The van der Waals surface area contributed by atoms with E-state index in [1.165, 1.54) is 6.42 Å². The number of nitrogens with one attached hydrogen (secondary N) is 1. The molecule has 6 nitrogen and oxygen atoms in total. The van der Waals surface area contributed by atoms with Crippen LogP contribution in [0.3, 0.4) is 0 Å². The molecule has 0 aliphatic carbocycles. The lowest BCUT2D eigenvalue weighted by Crippen LogP contribution is -2.46. The van der Waals surface area contributed by atoms with Gasteiger partial charge in [0.05, 0.1) is 13.2 Å². The molecule has 2 fully saturated rings. The molecule has 3 rings (SSSR count). The number of carbonyl (C=O) groups excluding carboxylic acids is 1. The lowest BCUT2D eigenvalue weighted by Gasteiger charge is -2.37. The van der Waals surface area contributed by atoms with Gasteiger partial charge in [0.15, 0.2) is 0 Å². The molecule has 1 atom stereocenters. The first-order valence-corrected chi connectivity index (χ1v) is 8.37. The van der Waals surface area contributed by atoms with E-state index in [1.807, 2.05) is 17.9 Å². The third-order valence-corrected chi connectivity index (χ3v) is 4.70. The number of rotatable bonds is 4. The molecular formula is C16H26N4O2. The van der Waals surface area contributed by atoms with Crippen LogP contribution < -0.4 is 0 Å². The minimum Gasteiger partial charge on any atom is -0.379 e. The summed E-state index contributed by atoms with van der Waals surface area (Å²) in [5, 5.41) is 7.00. The van der Waals surface area contributed by atoms with Gasteiger partial charge in [-0.1, -0.05) is 0 Å². The highest BCUT2D eigenvalue weighted by Gasteiger charge is 2.29. The Balaban J connectivity index is 1.59. The van der Waals surface area contributed by atoms with E-state index in [2.05, 4.69) is 15.1 Å². The summed E-state index contributed by atoms with van der Waals surface area (Å²) in [6.45, 7) is 7.53. The maximum absolute atomic E-state index is 12.7. The Morgan fingerprint density at radius 2 is 2.18 bits per heavy atom. The van der Waals surface area contributed by atoms with E-state index < -0.39 is 0 Å². The fourth-order valence-corrected chi connectivity index (χ4v) is 3.40. The number of hydrogen-bond donors (Lipinski definition) is 1. The average molecular weight is 306 g/mol. The van der Waals surface area contributed by atoms with Crippen LogP contribution in [0.4, 0.5) is 0 Å². The molecule has 0 spiro atoms.